The number of hydrogen-bond acceptors (Lipinski definition) is 5. The van der Waals surface area contributed by atoms with Gasteiger partial charge >= 0.3 is 0 Å². The lowest BCUT2D eigenvalue weighted by atomic mass is 10.1. The molecular formula is C19H18N4O3. The number of fused-ring (bicyclic) bond motifs is 1. The average molecular weight is 350 g/mol. The molecule has 1 fully saturated rings. The van der Waals surface area contributed by atoms with Crippen LogP contribution >= 0.6 is 0 Å². The van der Waals surface area contributed by atoms with E-state index in [9.17, 15) is 9.59 Å². The Kier molecular flexibility index (Phi) is 3.91. The first-order valence-electron chi connectivity index (χ1n) is 8.44. The van der Waals surface area contributed by atoms with E-state index in [-0.39, 0.29) is 11.3 Å². The third kappa shape index (κ3) is 2.92. The summed E-state index contributed by atoms with van der Waals surface area (Å²) in [5, 5.41) is 8.94. The lowest BCUT2D eigenvalue weighted by molar-refractivity contribution is 0.0950. The van der Waals surface area contributed by atoms with E-state index in [0.29, 0.717) is 28.4 Å². The molecule has 2 heterocycles. The summed E-state index contributed by atoms with van der Waals surface area (Å²) in [6.07, 6.45) is 2.60. The molecule has 2 atom stereocenters. The van der Waals surface area contributed by atoms with Crippen molar-refractivity contribution in [1.29, 1.82) is 0 Å². The minimum absolute atomic E-state index is 0.145. The van der Waals surface area contributed by atoms with Crippen molar-refractivity contribution in [2.24, 2.45) is 18.1 Å². The molecule has 1 aliphatic carbocycles. The van der Waals surface area contributed by atoms with Crippen molar-refractivity contribution < 1.29 is 9.21 Å². The Morgan fingerprint density at radius 3 is 2.77 bits per heavy atom. The Bertz CT molecular complexity index is 1080. The number of amides is 1. The second kappa shape index (κ2) is 6.25. The number of hydrazone groups is 1. The van der Waals surface area contributed by atoms with Gasteiger partial charge in [0.25, 0.3) is 11.5 Å². The van der Waals surface area contributed by atoms with Crippen LogP contribution < -0.4 is 11.0 Å². The van der Waals surface area contributed by atoms with Crippen molar-refractivity contribution in [2.75, 3.05) is 0 Å². The van der Waals surface area contributed by atoms with E-state index >= 15 is 0 Å². The molecule has 132 valence electrons. The number of hydrogen-bond donors (Lipinski definition) is 1. The first kappa shape index (κ1) is 16.3. The van der Waals surface area contributed by atoms with Crippen LogP contribution in [-0.4, -0.2) is 21.9 Å². The third-order valence-electron chi connectivity index (χ3n) is 4.65. The molecule has 0 bridgehead atoms. The zero-order valence-electron chi connectivity index (χ0n) is 14.5. The second-order valence-electron chi connectivity index (χ2n) is 6.58. The van der Waals surface area contributed by atoms with Gasteiger partial charge in [0.05, 0.1) is 11.6 Å². The number of carbonyl (C=O) groups is 1. The largest absolute Gasteiger partial charge is 0.460 e. The minimum atomic E-state index is -0.490. The normalized spacial score (nSPS) is 19.2. The van der Waals surface area contributed by atoms with Crippen LogP contribution in [0, 0.1) is 5.92 Å². The summed E-state index contributed by atoms with van der Waals surface area (Å²) in [7, 11) is 1.51. The maximum absolute atomic E-state index is 12.4. The van der Waals surface area contributed by atoms with E-state index in [1.807, 2.05) is 12.1 Å². The van der Waals surface area contributed by atoms with Crippen molar-refractivity contribution in [3.63, 3.8) is 0 Å². The summed E-state index contributed by atoms with van der Waals surface area (Å²) >= 11 is 0. The predicted molar refractivity (Wildman–Crippen MR) is 97.3 cm³/mol. The molecule has 3 aromatic rings. The molecule has 0 spiro atoms. The first-order valence-corrected chi connectivity index (χ1v) is 8.44. The first-order chi connectivity index (χ1) is 12.5. The van der Waals surface area contributed by atoms with Crippen LogP contribution in [0.5, 0.6) is 0 Å². The minimum Gasteiger partial charge on any atom is -0.460 e. The molecule has 7 heteroatoms. The number of rotatable bonds is 4. The third-order valence-corrected chi connectivity index (χ3v) is 4.65. The zero-order chi connectivity index (χ0) is 18.3. The number of nitrogens with one attached hydrogen (secondary N) is 1. The molecule has 1 aromatic carbocycles. The van der Waals surface area contributed by atoms with Gasteiger partial charge in [-0.3, -0.25) is 9.59 Å². The lowest BCUT2D eigenvalue weighted by Gasteiger charge is -2.06. The molecule has 1 saturated carbocycles. The highest BCUT2D eigenvalue weighted by molar-refractivity contribution is 6.04. The molecule has 4 rings (SSSR count). The Balaban J connectivity index is 1.53. The summed E-state index contributed by atoms with van der Waals surface area (Å²) in [6, 6.07) is 10.6. The van der Waals surface area contributed by atoms with Crippen LogP contribution in [0.25, 0.3) is 10.8 Å². The van der Waals surface area contributed by atoms with E-state index in [0.717, 1.165) is 16.9 Å². The molecule has 26 heavy (non-hydrogen) atoms. The molecule has 1 amide bonds. The molecule has 0 saturated heterocycles. The molecule has 0 unspecified atom stereocenters. The Hall–Kier alpha value is -3.22. The molecule has 7 nitrogen and oxygen atoms in total. The van der Waals surface area contributed by atoms with E-state index in [1.165, 1.54) is 13.3 Å². The van der Waals surface area contributed by atoms with Gasteiger partial charge in [0.15, 0.2) is 5.69 Å². The van der Waals surface area contributed by atoms with Crippen molar-refractivity contribution >= 4 is 22.9 Å². The molecule has 2 aromatic heterocycles. The number of carbonyl (C=O) groups excluding carboxylic acids is 1. The number of nitrogens with zero attached hydrogens (tertiary/aromatic N) is 3. The summed E-state index contributed by atoms with van der Waals surface area (Å²) in [6.45, 7) is 2.19. The highest BCUT2D eigenvalue weighted by atomic mass is 16.3. The molecule has 1 N–H and O–H groups in total. The van der Waals surface area contributed by atoms with E-state index < -0.39 is 5.91 Å². The summed E-state index contributed by atoms with van der Waals surface area (Å²) in [5.74, 6) is 2.20. The lowest BCUT2D eigenvalue weighted by Crippen LogP contribution is -2.27. The van der Waals surface area contributed by atoms with Crippen molar-refractivity contribution in [3.8, 4) is 0 Å². The number of benzene rings is 1. The van der Waals surface area contributed by atoms with Gasteiger partial charge in [0.1, 0.15) is 11.5 Å². The van der Waals surface area contributed by atoms with Crippen LogP contribution in [0.4, 0.5) is 0 Å². The fourth-order valence-corrected chi connectivity index (χ4v) is 3.03. The maximum atomic E-state index is 12.4. The summed E-state index contributed by atoms with van der Waals surface area (Å²) < 4.78 is 6.86. The number of furan rings is 1. The molecular weight excluding hydrogens is 332 g/mol. The smallest absolute Gasteiger partial charge is 0.292 e. The highest BCUT2D eigenvalue weighted by Crippen LogP contribution is 2.47. The zero-order valence-corrected chi connectivity index (χ0v) is 14.5. The van der Waals surface area contributed by atoms with Gasteiger partial charge in [-0.2, -0.15) is 10.2 Å². The van der Waals surface area contributed by atoms with Gasteiger partial charge in [0.2, 0.25) is 0 Å². The van der Waals surface area contributed by atoms with Crippen LogP contribution in [-0.2, 0) is 7.05 Å². The average Bonchev–Trinajstić information content (AvgIpc) is 3.18. The fraction of sp³-hybridized carbons (Fsp3) is 0.263. The van der Waals surface area contributed by atoms with Gasteiger partial charge in [-0.1, -0.05) is 25.1 Å². The van der Waals surface area contributed by atoms with Crippen LogP contribution in [0.15, 0.2) is 50.7 Å². The van der Waals surface area contributed by atoms with Gasteiger partial charge in [-0.15, -0.1) is 0 Å². The second-order valence-corrected chi connectivity index (χ2v) is 6.58. The summed E-state index contributed by atoms with van der Waals surface area (Å²) in [4.78, 5) is 24.6. The highest BCUT2D eigenvalue weighted by Gasteiger charge is 2.36. The van der Waals surface area contributed by atoms with Crippen molar-refractivity contribution in [1.82, 2.24) is 15.2 Å². The standard InChI is InChI=1S/C19H18N4O3/c1-11-9-15(11)16-8-7-12(26-16)10-20-21-18(24)17-13-5-3-4-6-14(13)19(25)23(2)22-17/h3-8,10-11,15H,9H2,1-2H3,(H,21,24)/b20-10-/t11-,15-/m1/s1. The topological polar surface area (TPSA) is 89.5 Å². The van der Waals surface area contributed by atoms with Crippen LogP contribution in [0.1, 0.15) is 41.3 Å². The Morgan fingerprint density at radius 2 is 2.04 bits per heavy atom. The number of aryl methyl sites for hydroxylation is 1. The van der Waals surface area contributed by atoms with Crippen molar-refractivity contribution in [3.05, 3.63) is 64.0 Å². The monoisotopic (exact) mass is 350 g/mol. The Labute approximate surface area is 149 Å². The van der Waals surface area contributed by atoms with Crippen molar-refractivity contribution in [2.45, 2.75) is 19.3 Å². The fourth-order valence-electron chi connectivity index (χ4n) is 3.03. The maximum Gasteiger partial charge on any atom is 0.292 e. The van der Waals surface area contributed by atoms with Gasteiger partial charge in [-0.25, -0.2) is 10.1 Å². The van der Waals surface area contributed by atoms with E-state index in [4.69, 9.17) is 4.42 Å². The van der Waals surface area contributed by atoms with Gasteiger partial charge < -0.3 is 4.42 Å². The van der Waals surface area contributed by atoms with Crippen LogP contribution in [0.3, 0.4) is 0 Å². The van der Waals surface area contributed by atoms with Gasteiger partial charge in [0, 0.05) is 18.4 Å². The van der Waals surface area contributed by atoms with E-state index in [2.05, 4.69) is 22.5 Å². The van der Waals surface area contributed by atoms with Gasteiger partial charge in [-0.05, 0) is 30.5 Å². The SMILES string of the molecule is C[C@@H]1C[C@H]1c1ccc(/C=N\NC(=O)c2nn(C)c(=O)c3ccccc23)o1. The predicted octanol–water partition coefficient (Wildman–Crippen LogP) is 2.41. The molecule has 1 aliphatic rings. The van der Waals surface area contributed by atoms with E-state index in [1.54, 1.807) is 24.3 Å². The number of aromatic nitrogens is 2. The molecule has 0 aliphatic heterocycles. The van der Waals surface area contributed by atoms with Crippen LogP contribution in [0.2, 0.25) is 0 Å². The quantitative estimate of drug-likeness (QED) is 0.578. The summed E-state index contributed by atoms with van der Waals surface area (Å²) in [5.41, 5.74) is 2.34. The molecule has 0 radical (unpaired) electrons. The Morgan fingerprint density at radius 1 is 1.31 bits per heavy atom.